The molecule has 1 aromatic carbocycles. The van der Waals surface area contributed by atoms with E-state index in [0.29, 0.717) is 0 Å². The number of para-hydroxylation sites is 1. The van der Waals surface area contributed by atoms with Gasteiger partial charge in [-0.2, -0.15) is 0 Å². The minimum Gasteiger partial charge on any atom is -0.384 e. The van der Waals surface area contributed by atoms with E-state index in [2.05, 4.69) is 35.3 Å². The van der Waals surface area contributed by atoms with Crippen LogP contribution in [0.3, 0.4) is 0 Å². The van der Waals surface area contributed by atoms with Crippen LogP contribution in [0.25, 0.3) is 0 Å². The van der Waals surface area contributed by atoms with Gasteiger partial charge in [0.05, 0.1) is 0 Å². The number of hydrogen-bond donors (Lipinski definition) is 1. The molecule has 2 aliphatic heterocycles. The molecule has 2 heteroatoms. The first kappa shape index (κ1) is 12.0. The van der Waals surface area contributed by atoms with Crippen LogP contribution in [0.4, 0.5) is 5.69 Å². The first-order valence-corrected chi connectivity index (χ1v) is 7.44. The topological polar surface area (TPSA) is 15.3 Å². The standard InChI is InChI=1S/C16H24N2/c1-2-13-7-10-18(11-8-13)12-15-5-3-4-14-6-9-17-16(14)15/h3-5,13,17H,2,6-12H2,1H3. The summed E-state index contributed by atoms with van der Waals surface area (Å²) in [6.07, 6.45) is 5.33. The van der Waals surface area contributed by atoms with Gasteiger partial charge in [0.2, 0.25) is 0 Å². The summed E-state index contributed by atoms with van der Waals surface area (Å²) in [6, 6.07) is 6.78. The molecule has 2 nitrogen and oxygen atoms in total. The summed E-state index contributed by atoms with van der Waals surface area (Å²) in [5.41, 5.74) is 4.44. The highest BCUT2D eigenvalue weighted by atomic mass is 15.1. The summed E-state index contributed by atoms with van der Waals surface area (Å²) >= 11 is 0. The zero-order chi connectivity index (χ0) is 12.4. The van der Waals surface area contributed by atoms with Gasteiger partial charge in [-0.3, -0.25) is 4.90 Å². The maximum absolute atomic E-state index is 3.55. The zero-order valence-electron chi connectivity index (χ0n) is 11.4. The van der Waals surface area contributed by atoms with Gasteiger partial charge < -0.3 is 5.32 Å². The van der Waals surface area contributed by atoms with Gasteiger partial charge in [-0.1, -0.05) is 31.5 Å². The third kappa shape index (κ3) is 2.39. The van der Waals surface area contributed by atoms with Gasteiger partial charge in [0.15, 0.2) is 0 Å². The Balaban J connectivity index is 1.65. The Hall–Kier alpha value is -1.02. The summed E-state index contributed by atoms with van der Waals surface area (Å²) in [6.45, 7) is 7.13. The third-order valence-electron chi connectivity index (χ3n) is 4.61. The summed E-state index contributed by atoms with van der Waals surface area (Å²) in [4.78, 5) is 2.63. The number of rotatable bonds is 3. The lowest BCUT2D eigenvalue weighted by Gasteiger charge is -2.31. The van der Waals surface area contributed by atoms with Crippen molar-refractivity contribution in [2.24, 2.45) is 5.92 Å². The maximum atomic E-state index is 3.55. The fourth-order valence-electron chi connectivity index (χ4n) is 3.34. The van der Waals surface area contributed by atoms with Crippen LogP contribution < -0.4 is 5.32 Å². The smallest absolute Gasteiger partial charge is 0.0419 e. The van der Waals surface area contributed by atoms with E-state index >= 15 is 0 Å². The van der Waals surface area contributed by atoms with E-state index in [1.807, 2.05) is 0 Å². The van der Waals surface area contributed by atoms with E-state index in [9.17, 15) is 0 Å². The SMILES string of the molecule is CCC1CCN(Cc2cccc3c2NCC3)CC1. The van der Waals surface area contributed by atoms with E-state index in [1.54, 1.807) is 0 Å². The Labute approximate surface area is 110 Å². The average molecular weight is 244 g/mol. The average Bonchev–Trinajstić information content (AvgIpc) is 2.89. The lowest BCUT2D eigenvalue weighted by molar-refractivity contribution is 0.175. The molecule has 0 bridgehead atoms. The molecule has 0 amide bonds. The van der Waals surface area contributed by atoms with Gasteiger partial charge in [0.25, 0.3) is 0 Å². The largest absolute Gasteiger partial charge is 0.384 e. The second-order valence-electron chi connectivity index (χ2n) is 5.76. The zero-order valence-corrected chi connectivity index (χ0v) is 11.4. The minimum atomic E-state index is 0.973. The van der Waals surface area contributed by atoms with Crippen LogP contribution in [0.15, 0.2) is 18.2 Å². The molecule has 1 saturated heterocycles. The van der Waals surface area contributed by atoms with Crippen LogP contribution in [0.5, 0.6) is 0 Å². The number of benzene rings is 1. The van der Waals surface area contributed by atoms with Crippen molar-refractivity contribution in [2.75, 3.05) is 25.0 Å². The Morgan fingerprint density at radius 1 is 1.28 bits per heavy atom. The number of likely N-dealkylation sites (tertiary alicyclic amines) is 1. The molecule has 3 rings (SSSR count). The number of hydrogen-bond acceptors (Lipinski definition) is 2. The van der Waals surface area contributed by atoms with Gasteiger partial charge in [0, 0.05) is 18.8 Å². The van der Waals surface area contributed by atoms with E-state index in [0.717, 1.165) is 19.0 Å². The molecule has 2 heterocycles. The predicted molar refractivity (Wildman–Crippen MR) is 76.9 cm³/mol. The van der Waals surface area contributed by atoms with Gasteiger partial charge in [-0.15, -0.1) is 0 Å². The molecular formula is C16H24N2. The van der Waals surface area contributed by atoms with Crippen molar-refractivity contribution in [2.45, 2.75) is 39.2 Å². The van der Waals surface area contributed by atoms with Gasteiger partial charge in [-0.05, 0) is 49.4 Å². The molecule has 0 aliphatic carbocycles. The number of piperidine rings is 1. The fraction of sp³-hybridized carbons (Fsp3) is 0.625. The first-order chi connectivity index (χ1) is 8.86. The molecule has 1 aromatic rings. The summed E-state index contributed by atoms with van der Waals surface area (Å²) in [5.74, 6) is 0.973. The van der Waals surface area contributed by atoms with Crippen LogP contribution >= 0.6 is 0 Å². The molecule has 1 fully saturated rings. The molecule has 98 valence electrons. The van der Waals surface area contributed by atoms with Crippen molar-refractivity contribution in [1.82, 2.24) is 4.90 Å². The van der Waals surface area contributed by atoms with Crippen LogP contribution in [0.1, 0.15) is 37.3 Å². The molecular weight excluding hydrogens is 220 g/mol. The quantitative estimate of drug-likeness (QED) is 0.878. The lowest BCUT2D eigenvalue weighted by Crippen LogP contribution is -2.33. The molecule has 18 heavy (non-hydrogen) atoms. The van der Waals surface area contributed by atoms with Gasteiger partial charge >= 0.3 is 0 Å². The van der Waals surface area contributed by atoms with Crippen LogP contribution in [0, 0.1) is 5.92 Å². The normalized spacial score (nSPS) is 20.7. The minimum absolute atomic E-state index is 0.973. The molecule has 0 atom stereocenters. The van der Waals surface area contributed by atoms with Crippen LogP contribution in [-0.4, -0.2) is 24.5 Å². The summed E-state index contributed by atoms with van der Waals surface area (Å²) in [5, 5.41) is 3.55. The van der Waals surface area contributed by atoms with E-state index in [-0.39, 0.29) is 0 Å². The summed E-state index contributed by atoms with van der Waals surface area (Å²) < 4.78 is 0. The van der Waals surface area contributed by atoms with Gasteiger partial charge in [-0.25, -0.2) is 0 Å². The van der Waals surface area contributed by atoms with Crippen molar-refractivity contribution in [3.05, 3.63) is 29.3 Å². The highest BCUT2D eigenvalue weighted by Gasteiger charge is 2.20. The lowest BCUT2D eigenvalue weighted by atomic mass is 9.94. The van der Waals surface area contributed by atoms with Crippen LogP contribution in [-0.2, 0) is 13.0 Å². The van der Waals surface area contributed by atoms with Crippen LogP contribution in [0.2, 0.25) is 0 Å². The number of nitrogens with one attached hydrogen (secondary N) is 1. The Kier molecular flexibility index (Phi) is 3.55. The highest BCUT2D eigenvalue weighted by Crippen LogP contribution is 2.29. The number of fused-ring (bicyclic) bond motifs is 1. The summed E-state index contributed by atoms with van der Waals surface area (Å²) in [7, 11) is 0. The van der Waals surface area contributed by atoms with Gasteiger partial charge in [0.1, 0.15) is 0 Å². The van der Waals surface area contributed by atoms with E-state index in [4.69, 9.17) is 0 Å². The van der Waals surface area contributed by atoms with Crippen molar-refractivity contribution >= 4 is 5.69 Å². The second kappa shape index (κ2) is 5.31. The maximum Gasteiger partial charge on any atom is 0.0419 e. The van der Waals surface area contributed by atoms with Crippen molar-refractivity contribution in [1.29, 1.82) is 0 Å². The molecule has 0 radical (unpaired) electrons. The van der Waals surface area contributed by atoms with E-state index in [1.165, 1.54) is 55.6 Å². The molecule has 0 aromatic heterocycles. The number of anilines is 1. The molecule has 1 N–H and O–H groups in total. The fourth-order valence-corrected chi connectivity index (χ4v) is 3.34. The second-order valence-corrected chi connectivity index (χ2v) is 5.76. The van der Waals surface area contributed by atoms with Crippen molar-refractivity contribution in [3.63, 3.8) is 0 Å². The van der Waals surface area contributed by atoms with E-state index < -0.39 is 0 Å². The Bertz CT molecular complexity index is 406. The first-order valence-electron chi connectivity index (χ1n) is 7.44. The highest BCUT2D eigenvalue weighted by molar-refractivity contribution is 5.61. The van der Waals surface area contributed by atoms with Crippen molar-refractivity contribution in [3.8, 4) is 0 Å². The Morgan fingerprint density at radius 2 is 2.11 bits per heavy atom. The number of nitrogens with zero attached hydrogens (tertiary/aromatic N) is 1. The predicted octanol–water partition coefficient (Wildman–Crippen LogP) is 3.28. The molecule has 0 spiro atoms. The molecule has 2 aliphatic rings. The Morgan fingerprint density at radius 3 is 2.89 bits per heavy atom. The third-order valence-corrected chi connectivity index (χ3v) is 4.61. The molecule has 0 saturated carbocycles. The monoisotopic (exact) mass is 244 g/mol. The molecule has 0 unspecified atom stereocenters. The van der Waals surface area contributed by atoms with Crippen molar-refractivity contribution < 1.29 is 0 Å².